The van der Waals surface area contributed by atoms with E-state index in [1.54, 1.807) is 42.6 Å². The third-order valence-electron chi connectivity index (χ3n) is 6.95. The Hall–Kier alpha value is -3.90. The van der Waals surface area contributed by atoms with Gasteiger partial charge in [-0.2, -0.15) is 5.26 Å². The number of fused-ring (bicyclic) bond motifs is 1. The van der Waals surface area contributed by atoms with Gasteiger partial charge in [-0.1, -0.05) is 18.2 Å². The molecule has 7 nitrogen and oxygen atoms in total. The third kappa shape index (κ3) is 5.59. The molecule has 4 aromatic rings. The van der Waals surface area contributed by atoms with E-state index < -0.39 is 11.9 Å². The first-order chi connectivity index (χ1) is 18.0. The molecular weight excluding hydrogens is 469 g/mol. The number of aliphatic hydroxyl groups is 2. The molecular formula is C29H28FN5O2. The predicted molar refractivity (Wildman–Crippen MR) is 141 cm³/mol. The summed E-state index contributed by atoms with van der Waals surface area (Å²) in [4.78, 5) is 11.3. The molecule has 3 heterocycles. The van der Waals surface area contributed by atoms with Crippen LogP contribution in [0.5, 0.6) is 0 Å². The summed E-state index contributed by atoms with van der Waals surface area (Å²) < 4.78 is 14.9. The number of β-amino-alcohol motifs (C(OH)–C–C–N with tert-alkyl or cyclic N) is 1. The molecule has 0 radical (unpaired) electrons. The molecule has 188 valence electrons. The molecule has 37 heavy (non-hydrogen) atoms. The van der Waals surface area contributed by atoms with Crippen molar-refractivity contribution in [3.8, 4) is 17.2 Å². The second kappa shape index (κ2) is 11.0. The van der Waals surface area contributed by atoms with Crippen LogP contribution in [0.25, 0.3) is 22.0 Å². The van der Waals surface area contributed by atoms with Crippen LogP contribution in [0.4, 0.5) is 15.9 Å². The normalized spacial score (nSPS) is 15.4. The highest BCUT2D eigenvalue weighted by Gasteiger charge is 2.27. The molecule has 1 fully saturated rings. The number of aromatic nitrogens is 2. The first-order valence-electron chi connectivity index (χ1n) is 12.4. The summed E-state index contributed by atoms with van der Waals surface area (Å²) in [6.07, 6.45) is 2.70. The van der Waals surface area contributed by atoms with Crippen molar-refractivity contribution in [2.24, 2.45) is 5.92 Å². The number of aliphatic hydroxyl groups excluding tert-OH is 2. The van der Waals surface area contributed by atoms with Crippen molar-refractivity contribution >= 4 is 22.4 Å². The van der Waals surface area contributed by atoms with Crippen LogP contribution in [-0.4, -0.2) is 51.3 Å². The maximum absolute atomic E-state index is 14.9. The van der Waals surface area contributed by atoms with Crippen molar-refractivity contribution in [1.82, 2.24) is 14.9 Å². The maximum atomic E-state index is 14.9. The Balaban J connectivity index is 1.32. The van der Waals surface area contributed by atoms with Crippen LogP contribution in [0, 0.1) is 23.1 Å². The number of pyridine rings is 2. The maximum Gasteiger partial charge on any atom is 0.147 e. The van der Waals surface area contributed by atoms with Crippen molar-refractivity contribution in [3.63, 3.8) is 0 Å². The third-order valence-corrected chi connectivity index (χ3v) is 6.95. The molecule has 0 aliphatic carbocycles. The van der Waals surface area contributed by atoms with E-state index in [1.165, 1.54) is 6.07 Å². The molecule has 3 N–H and O–H groups in total. The van der Waals surface area contributed by atoms with Gasteiger partial charge in [-0.25, -0.2) is 14.4 Å². The van der Waals surface area contributed by atoms with Crippen molar-refractivity contribution in [2.45, 2.75) is 18.9 Å². The molecule has 8 heteroatoms. The Bertz CT molecular complexity index is 1450. The Kier molecular flexibility index (Phi) is 7.37. The van der Waals surface area contributed by atoms with Crippen LogP contribution in [0.1, 0.15) is 30.2 Å². The van der Waals surface area contributed by atoms with Gasteiger partial charge in [-0.05, 0) is 79.4 Å². The molecule has 0 bridgehead atoms. The van der Waals surface area contributed by atoms with Gasteiger partial charge in [0, 0.05) is 24.2 Å². The summed E-state index contributed by atoms with van der Waals surface area (Å²) in [6, 6.07) is 19.5. The number of nitrogens with one attached hydrogen (secondary N) is 1. The van der Waals surface area contributed by atoms with Gasteiger partial charge in [0.05, 0.1) is 41.2 Å². The number of piperidine rings is 1. The molecule has 1 saturated heterocycles. The van der Waals surface area contributed by atoms with Crippen LogP contribution in [0.15, 0.2) is 66.9 Å². The quantitative estimate of drug-likeness (QED) is 0.337. The lowest BCUT2D eigenvalue weighted by Crippen LogP contribution is -2.37. The largest absolute Gasteiger partial charge is 0.395 e. The fourth-order valence-electron chi connectivity index (χ4n) is 4.84. The average Bonchev–Trinajstić information content (AvgIpc) is 2.94. The Labute approximate surface area is 214 Å². The van der Waals surface area contributed by atoms with Crippen LogP contribution >= 0.6 is 0 Å². The summed E-state index contributed by atoms with van der Waals surface area (Å²) in [7, 11) is 0. The summed E-state index contributed by atoms with van der Waals surface area (Å²) in [6.45, 7) is 2.51. The zero-order valence-electron chi connectivity index (χ0n) is 20.3. The van der Waals surface area contributed by atoms with Crippen LogP contribution in [0.3, 0.4) is 0 Å². The topological polar surface area (TPSA) is 105 Å². The summed E-state index contributed by atoms with van der Waals surface area (Å²) >= 11 is 0. The minimum Gasteiger partial charge on any atom is -0.395 e. The van der Waals surface area contributed by atoms with Gasteiger partial charge in [0.1, 0.15) is 11.6 Å². The van der Waals surface area contributed by atoms with Crippen molar-refractivity contribution < 1.29 is 14.6 Å². The Morgan fingerprint density at radius 3 is 2.65 bits per heavy atom. The number of likely N-dealkylation sites (tertiary alicyclic amines) is 1. The van der Waals surface area contributed by atoms with Crippen LogP contribution < -0.4 is 5.32 Å². The zero-order chi connectivity index (χ0) is 25.8. The van der Waals surface area contributed by atoms with Crippen molar-refractivity contribution in [1.29, 1.82) is 5.26 Å². The molecule has 2 aromatic heterocycles. The monoisotopic (exact) mass is 497 g/mol. The minimum atomic E-state index is -0.672. The number of nitrogens with zero attached hydrogens (tertiary/aromatic N) is 4. The Morgan fingerprint density at radius 1 is 1.08 bits per heavy atom. The summed E-state index contributed by atoms with van der Waals surface area (Å²) in [5.41, 5.74) is 3.51. The zero-order valence-corrected chi connectivity index (χ0v) is 20.3. The van der Waals surface area contributed by atoms with E-state index in [0.717, 1.165) is 36.9 Å². The lowest BCUT2D eigenvalue weighted by atomic mass is 9.89. The van der Waals surface area contributed by atoms with Gasteiger partial charge in [0.15, 0.2) is 0 Å². The second-order valence-corrected chi connectivity index (χ2v) is 9.36. The van der Waals surface area contributed by atoms with Crippen LogP contribution in [-0.2, 0) is 0 Å². The van der Waals surface area contributed by atoms with E-state index >= 15 is 0 Å². The molecule has 0 unspecified atom stereocenters. The van der Waals surface area contributed by atoms with Crippen molar-refractivity contribution in [2.75, 3.05) is 31.6 Å². The highest BCUT2D eigenvalue weighted by molar-refractivity contribution is 5.81. The van der Waals surface area contributed by atoms with Gasteiger partial charge < -0.3 is 20.4 Å². The minimum absolute atomic E-state index is 0.112. The molecule has 0 amide bonds. The standard InChI is InChI=1S/C29H28FN5O2/c30-24-15-22(21-3-1-2-19(14-21)17-31)4-6-25(24)34-28-16-27-23(18-32-28)5-7-26(33-27)29(37)20-8-10-35(11-9-20)12-13-36/h1-7,14-16,18,20,29,36-37H,8-13H2,(H,32,34)/t29-/m1/s1. The number of rotatable bonds is 7. The highest BCUT2D eigenvalue weighted by Crippen LogP contribution is 2.31. The highest BCUT2D eigenvalue weighted by atomic mass is 19.1. The number of hydrogen-bond donors (Lipinski definition) is 3. The van der Waals surface area contributed by atoms with E-state index in [9.17, 15) is 9.50 Å². The Morgan fingerprint density at radius 2 is 1.89 bits per heavy atom. The van der Waals surface area contributed by atoms with Gasteiger partial charge in [-0.15, -0.1) is 0 Å². The van der Waals surface area contributed by atoms with E-state index in [1.807, 2.05) is 18.2 Å². The number of halogens is 1. The molecule has 1 aliphatic heterocycles. The van der Waals surface area contributed by atoms with E-state index in [0.29, 0.717) is 34.7 Å². The summed E-state index contributed by atoms with van der Waals surface area (Å²) in [5.74, 6) is 0.120. The molecule has 1 atom stereocenters. The summed E-state index contributed by atoms with van der Waals surface area (Å²) in [5, 5.41) is 33.1. The molecule has 0 spiro atoms. The molecule has 0 saturated carbocycles. The lowest BCUT2D eigenvalue weighted by Gasteiger charge is -2.33. The van der Waals surface area contributed by atoms with Crippen molar-refractivity contribution in [3.05, 3.63) is 83.9 Å². The molecule has 1 aliphatic rings. The van der Waals surface area contributed by atoms with Gasteiger partial charge in [0.25, 0.3) is 0 Å². The predicted octanol–water partition coefficient (Wildman–Crippen LogP) is 4.79. The number of nitriles is 1. The van der Waals surface area contributed by atoms with Crippen LogP contribution in [0.2, 0.25) is 0 Å². The number of anilines is 2. The fourth-order valence-corrected chi connectivity index (χ4v) is 4.84. The van der Waals surface area contributed by atoms with E-state index in [-0.39, 0.29) is 18.2 Å². The fraction of sp³-hybridized carbons (Fsp3) is 0.276. The lowest BCUT2D eigenvalue weighted by molar-refractivity contribution is 0.0515. The first kappa shape index (κ1) is 24.8. The second-order valence-electron chi connectivity index (χ2n) is 9.36. The molecule has 2 aromatic carbocycles. The average molecular weight is 498 g/mol. The van der Waals surface area contributed by atoms with Gasteiger partial charge >= 0.3 is 0 Å². The van der Waals surface area contributed by atoms with E-state index in [2.05, 4.69) is 21.3 Å². The smallest absolute Gasteiger partial charge is 0.147 e. The van der Waals surface area contributed by atoms with Gasteiger partial charge in [0.2, 0.25) is 0 Å². The number of hydrogen-bond acceptors (Lipinski definition) is 7. The first-order valence-corrected chi connectivity index (χ1v) is 12.4. The van der Waals surface area contributed by atoms with E-state index in [4.69, 9.17) is 15.4 Å². The number of benzene rings is 2. The molecule has 5 rings (SSSR count). The SMILES string of the molecule is N#Cc1cccc(-c2ccc(Nc3cc4nc([C@H](O)C5CCN(CCO)CC5)ccc4cn3)c(F)c2)c1. The van der Waals surface area contributed by atoms with Gasteiger partial charge in [-0.3, -0.25) is 0 Å².